The first-order valence-electron chi connectivity index (χ1n) is 4.15. The van der Waals surface area contributed by atoms with Gasteiger partial charge in [0.25, 0.3) is 0 Å². The molecule has 0 spiro atoms. The molecular formula is C9H16F. The highest BCUT2D eigenvalue weighted by molar-refractivity contribution is 5.03. The zero-order chi connectivity index (χ0) is 7.61. The van der Waals surface area contributed by atoms with Crippen LogP contribution in [0.4, 0.5) is 4.39 Å². The third kappa shape index (κ3) is 1.50. The average Bonchev–Trinajstić information content (AvgIpc) is 1.89. The molecule has 0 atom stereocenters. The molecule has 0 heterocycles. The van der Waals surface area contributed by atoms with Crippen LogP contribution >= 0.6 is 0 Å². The summed E-state index contributed by atoms with van der Waals surface area (Å²) in [5.41, 5.74) is -0.905. The van der Waals surface area contributed by atoms with Gasteiger partial charge >= 0.3 is 0 Å². The van der Waals surface area contributed by atoms with Crippen molar-refractivity contribution in [2.24, 2.45) is 0 Å². The second-order valence-electron chi connectivity index (χ2n) is 3.53. The lowest BCUT2D eigenvalue weighted by Crippen LogP contribution is -2.30. The van der Waals surface area contributed by atoms with Crippen LogP contribution in [0.1, 0.15) is 46.0 Å². The third-order valence-corrected chi connectivity index (χ3v) is 2.54. The molecule has 0 aliphatic heterocycles. The minimum absolute atomic E-state index is 0.759. The maximum Gasteiger partial charge on any atom is 0.116 e. The zero-order valence-electron chi connectivity index (χ0n) is 6.91. The number of alkyl halides is 1. The number of hydrogen-bond acceptors (Lipinski definition) is 0. The van der Waals surface area contributed by atoms with Crippen molar-refractivity contribution in [2.75, 3.05) is 0 Å². The van der Waals surface area contributed by atoms with Crippen molar-refractivity contribution < 1.29 is 4.39 Å². The van der Waals surface area contributed by atoms with E-state index in [0.717, 1.165) is 31.6 Å². The molecule has 59 valence electrons. The van der Waals surface area contributed by atoms with Gasteiger partial charge in [-0.05, 0) is 12.8 Å². The second-order valence-corrected chi connectivity index (χ2v) is 3.53. The van der Waals surface area contributed by atoms with Gasteiger partial charge in [-0.15, -0.1) is 0 Å². The molecule has 0 nitrogen and oxygen atoms in total. The molecule has 0 amide bonds. The third-order valence-electron chi connectivity index (χ3n) is 2.54. The summed E-state index contributed by atoms with van der Waals surface area (Å²) < 4.78 is 13.7. The molecule has 0 bridgehead atoms. The standard InChI is InChI=1S/C9H16F/c1-8(2)9(10)6-4-3-5-7-9/h3-7H2,1-2H3. The van der Waals surface area contributed by atoms with Gasteiger partial charge in [0.1, 0.15) is 5.67 Å². The van der Waals surface area contributed by atoms with Crippen molar-refractivity contribution in [3.8, 4) is 0 Å². The normalized spacial score (nSPS) is 25.2. The van der Waals surface area contributed by atoms with Crippen molar-refractivity contribution in [3.63, 3.8) is 0 Å². The van der Waals surface area contributed by atoms with Crippen molar-refractivity contribution in [2.45, 2.75) is 51.6 Å². The van der Waals surface area contributed by atoms with E-state index in [9.17, 15) is 4.39 Å². The molecule has 1 heteroatoms. The van der Waals surface area contributed by atoms with Gasteiger partial charge in [-0.3, -0.25) is 0 Å². The van der Waals surface area contributed by atoms with E-state index in [1.165, 1.54) is 6.42 Å². The van der Waals surface area contributed by atoms with Crippen LogP contribution in [-0.2, 0) is 0 Å². The van der Waals surface area contributed by atoms with E-state index in [1.807, 2.05) is 13.8 Å². The largest absolute Gasteiger partial charge is 0.243 e. The maximum atomic E-state index is 13.7. The maximum absolute atomic E-state index is 13.7. The van der Waals surface area contributed by atoms with Gasteiger partial charge in [0.15, 0.2) is 0 Å². The Hall–Kier alpha value is -0.0700. The van der Waals surface area contributed by atoms with E-state index in [0.29, 0.717) is 0 Å². The molecule has 1 aliphatic carbocycles. The summed E-state index contributed by atoms with van der Waals surface area (Å²) in [6.07, 6.45) is 4.88. The first-order chi connectivity index (χ1) is 4.65. The van der Waals surface area contributed by atoms with E-state index in [2.05, 4.69) is 0 Å². The van der Waals surface area contributed by atoms with E-state index in [-0.39, 0.29) is 0 Å². The molecule has 0 aromatic rings. The molecular weight excluding hydrogens is 127 g/mol. The Morgan fingerprint density at radius 1 is 1.10 bits per heavy atom. The summed E-state index contributed by atoms with van der Waals surface area (Å²) >= 11 is 0. The van der Waals surface area contributed by atoms with E-state index in [1.54, 1.807) is 0 Å². The predicted octanol–water partition coefficient (Wildman–Crippen LogP) is 3.27. The first kappa shape index (κ1) is 8.03. The van der Waals surface area contributed by atoms with E-state index >= 15 is 0 Å². The highest BCUT2D eigenvalue weighted by Crippen LogP contribution is 2.38. The summed E-state index contributed by atoms with van der Waals surface area (Å²) in [4.78, 5) is 0. The topological polar surface area (TPSA) is 0 Å². The van der Waals surface area contributed by atoms with Crippen molar-refractivity contribution >= 4 is 0 Å². The Balaban J connectivity index is 2.48. The van der Waals surface area contributed by atoms with Gasteiger partial charge in [0.05, 0.1) is 0 Å². The molecule has 0 N–H and O–H groups in total. The van der Waals surface area contributed by atoms with E-state index in [4.69, 9.17) is 0 Å². The first-order valence-corrected chi connectivity index (χ1v) is 4.15. The van der Waals surface area contributed by atoms with Gasteiger partial charge in [0.2, 0.25) is 0 Å². The molecule has 1 radical (unpaired) electrons. The second kappa shape index (κ2) is 2.89. The van der Waals surface area contributed by atoms with Crippen molar-refractivity contribution in [3.05, 3.63) is 5.92 Å². The predicted molar refractivity (Wildman–Crippen MR) is 41.5 cm³/mol. The SMILES string of the molecule is C[C](C)C1(F)CCCCC1. The van der Waals surface area contributed by atoms with Crippen LogP contribution in [0.5, 0.6) is 0 Å². The monoisotopic (exact) mass is 143 g/mol. The van der Waals surface area contributed by atoms with Crippen LogP contribution in [0.15, 0.2) is 0 Å². The van der Waals surface area contributed by atoms with Crippen LogP contribution in [-0.4, -0.2) is 5.67 Å². The molecule has 1 saturated carbocycles. The molecule has 1 rings (SSSR count). The minimum atomic E-state index is -0.905. The summed E-state index contributed by atoms with van der Waals surface area (Å²) in [7, 11) is 0. The van der Waals surface area contributed by atoms with Gasteiger partial charge in [-0.25, -0.2) is 4.39 Å². The van der Waals surface area contributed by atoms with Crippen LogP contribution in [0, 0.1) is 5.92 Å². The highest BCUT2D eigenvalue weighted by atomic mass is 19.1. The quantitative estimate of drug-likeness (QED) is 0.528. The Bertz CT molecular complexity index is 101. The van der Waals surface area contributed by atoms with Crippen molar-refractivity contribution in [1.29, 1.82) is 0 Å². The molecule has 0 aromatic heterocycles. The fraction of sp³-hybridized carbons (Fsp3) is 0.889. The molecule has 1 fully saturated rings. The Labute approximate surface area is 62.8 Å². The number of rotatable bonds is 1. The highest BCUT2D eigenvalue weighted by Gasteiger charge is 2.34. The Morgan fingerprint density at radius 3 is 1.90 bits per heavy atom. The summed E-state index contributed by atoms with van der Waals surface area (Å²) in [6, 6.07) is 0. The lowest BCUT2D eigenvalue weighted by atomic mass is 9.79. The van der Waals surface area contributed by atoms with Gasteiger partial charge in [-0.2, -0.15) is 0 Å². The number of hydrogen-bond donors (Lipinski definition) is 0. The molecule has 10 heavy (non-hydrogen) atoms. The lowest BCUT2D eigenvalue weighted by molar-refractivity contribution is 0.124. The fourth-order valence-electron chi connectivity index (χ4n) is 1.61. The van der Waals surface area contributed by atoms with Crippen LogP contribution in [0.3, 0.4) is 0 Å². The fourth-order valence-corrected chi connectivity index (χ4v) is 1.61. The number of halogens is 1. The summed E-state index contributed by atoms with van der Waals surface area (Å²) in [6.45, 7) is 3.82. The smallest absolute Gasteiger partial charge is 0.116 e. The summed E-state index contributed by atoms with van der Waals surface area (Å²) in [5, 5.41) is 0. The van der Waals surface area contributed by atoms with Crippen LogP contribution in [0.2, 0.25) is 0 Å². The Kier molecular flexibility index (Phi) is 2.32. The van der Waals surface area contributed by atoms with Crippen molar-refractivity contribution in [1.82, 2.24) is 0 Å². The molecule has 1 aliphatic rings. The summed E-state index contributed by atoms with van der Waals surface area (Å²) in [5.74, 6) is 0.965. The lowest BCUT2D eigenvalue weighted by Gasteiger charge is -2.32. The minimum Gasteiger partial charge on any atom is -0.243 e. The van der Waals surface area contributed by atoms with Crippen LogP contribution < -0.4 is 0 Å². The average molecular weight is 143 g/mol. The molecule has 0 saturated heterocycles. The van der Waals surface area contributed by atoms with Gasteiger partial charge in [0, 0.05) is 5.92 Å². The van der Waals surface area contributed by atoms with E-state index < -0.39 is 5.67 Å². The van der Waals surface area contributed by atoms with Gasteiger partial charge < -0.3 is 0 Å². The Morgan fingerprint density at radius 2 is 1.60 bits per heavy atom. The van der Waals surface area contributed by atoms with Crippen LogP contribution in [0.25, 0.3) is 0 Å². The molecule has 0 aromatic carbocycles. The van der Waals surface area contributed by atoms with Gasteiger partial charge in [-0.1, -0.05) is 33.1 Å². The molecule has 0 unspecified atom stereocenters. The zero-order valence-corrected chi connectivity index (χ0v) is 6.91.